The lowest BCUT2D eigenvalue weighted by Gasteiger charge is -2.46. The summed E-state index contributed by atoms with van der Waals surface area (Å²) in [5, 5.41) is 3.14. The monoisotopic (exact) mass is 735 g/mol. The van der Waals surface area contributed by atoms with Gasteiger partial charge in [0.1, 0.15) is 0 Å². The van der Waals surface area contributed by atoms with Gasteiger partial charge in [0.25, 0.3) is 11.8 Å². The first-order valence-corrected chi connectivity index (χ1v) is 17.0. The summed E-state index contributed by atoms with van der Waals surface area (Å²) in [4.78, 5) is 57.5. The summed E-state index contributed by atoms with van der Waals surface area (Å²) < 4.78 is 85.5. The van der Waals surface area contributed by atoms with Crippen molar-refractivity contribution >= 4 is 23.4 Å². The number of Topliss-reactive ketones (excluding diaryl/α,β-unsaturated/α-hetero) is 2. The number of amides is 2. The quantitative estimate of drug-likeness (QED) is 0.104. The molecule has 4 aromatic carbocycles. The van der Waals surface area contributed by atoms with Crippen LogP contribution >= 0.6 is 0 Å². The molecule has 0 aromatic heterocycles. The van der Waals surface area contributed by atoms with Crippen molar-refractivity contribution in [2.45, 2.75) is 57.2 Å². The summed E-state index contributed by atoms with van der Waals surface area (Å²) in [6.45, 7) is 3.14. The number of halogens is 6. The van der Waals surface area contributed by atoms with Crippen LogP contribution in [0.3, 0.4) is 0 Å². The van der Waals surface area contributed by atoms with Gasteiger partial charge in [0, 0.05) is 36.8 Å². The first kappa shape index (κ1) is 37.6. The molecule has 13 heteroatoms. The molecule has 0 radical (unpaired) electrons. The molecule has 3 atom stereocenters. The highest BCUT2D eigenvalue weighted by Crippen LogP contribution is 2.36. The molecule has 276 valence electrons. The van der Waals surface area contributed by atoms with Crippen LogP contribution in [0.5, 0.6) is 0 Å². The van der Waals surface area contributed by atoms with Gasteiger partial charge in [-0.15, -0.1) is 0 Å². The van der Waals surface area contributed by atoms with E-state index in [0.29, 0.717) is 0 Å². The number of ketones is 2. The zero-order valence-electron chi connectivity index (χ0n) is 28.7. The van der Waals surface area contributed by atoms with Crippen LogP contribution in [0.1, 0.15) is 75.7 Å². The van der Waals surface area contributed by atoms with Crippen molar-refractivity contribution in [3.63, 3.8) is 0 Å². The molecular formula is C40H35F6N3O4. The third kappa shape index (κ3) is 7.54. The smallest absolute Gasteiger partial charge is 0.310 e. The lowest BCUT2D eigenvalue weighted by molar-refractivity contribution is -0.138. The van der Waals surface area contributed by atoms with Gasteiger partial charge in [0.2, 0.25) is 0 Å². The number of imide groups is 1. The number of nitrogens with one attached hydrogen (secondary N) is 1. The molecule has 1 fully saturated rings. The van der Waals surface area contributed by atoms with Gasteiger partial charge >= 0.3 is 12.4 Å². The molecule has 2 amide bonds. The van der Waals surface area contributed by atoms with Gasteiger partial charge in [0.05, 0.1) is 34.3 Å². The van der Waals surface area contributed by atoms with Gasteiger partial charge in [-0.05, 0) is 67.6 Å². The summed E-state index contributed by atoms with van der Waals surface area (Å²) in [5.74, 6) is -3.09. The number of rotatable bonds is 10. The molecular weight excluding hydrogens is 700 g/mol. The Hall–Kier alpha value is -5.14. The summed E-state index contributed by atoms with van der Waals surface area (Å²) in [6, 6.07) is 16.4. The second-order valence-electron chi connectivity index (χ2n) is 13.3. The molecule has 0 aliphatic carbocycles. The number of fused-ring (bicyclic) bond motifs is 1. The van der Waals surface area contributed by atoms with Crippen molar-refractivity contribution in [3.8, 4) is 0 Å². The first-order chi connectivity index (χ1) is 25.1. The Labute approximate surface area is 301 Å². The molecule has 3 unspecified atom stereocenters. The molecule has 0 bridgehead atoms. The molecule has 2 heterocycles. The SMILES string of the molecule is Cc1ccc(CC2NCC(C(=O)c3ccccc3C(F)(F)F)N(CCCN3C(=O)c4ccccc4C3=O)C2C(=O)c2ccccc2C(F)(F)F)cc1C. The molecule has 4 aromatic rings. The standard InChI is InChI=1S/C40H35F6N3O4/c1-23-16-17-25(20-24(23)2)21-32-34(36(51)29-13-6-8-15-31(29)40(44,45)46)48(18-9-19-49-37(52)26-10-3-4-11-27(26)38(49)53)33(22-47-32)35(50)28-12-5-7-14-30(28)39(41,42)43/h3-8,10-17,20,32-34,47H,9,18-19,21-22H2,1-2H3. The number of alkyl halides is 6. The Bertz CT molecular complexity index is 2040. The number of benzene rings is 4. The number of aryl methyl sites for hydroxylation is 2. The maximum atomic E-state index is 14.6. The maximum absolute atomic E-state index is 14.6. The molecule has 7 nitrogen and oxygen atoms in total. The van der Waals surface area contributed by atoms with Gasteiger partial charge < -0.3 is 5.32 Å². The Morgan fingerprint density at radius 2 is 1.23 bits per heavy atom. The van der Waals surface area contributed by atoms with Crippen LogP contribution in [0.4, 0.5) is 26.3 Å². The predicted octanol–water partition coefficient (Wildman–Crippen LogP) is 7.35. The van der Waals surface area contributed by atoms with E-state index in [9.17, 15) is 45.5 Å². The highest BCUT2D eigenvalue weighted by molar-refractivity contribution is 6.21. The molecule has 2 aliphatic heterocycles. The fraction of sp³-hybridized carbons (Fsp3) is 0.300. The Balaban J connectivity index is 1.43. The van der Waals surface area contributed by atoms with Crippen LogP contribution in [0, 0.1) is 13.8 Å². The minimum absolute atomic E-state index is 0.0444. The van der Waals surface area contributed by atoms with Crippen molar-refractivity contribution < 1.29 is 45.5 Å². The zero-order valence-corrected chi connectivity index (χ0v) is 28.7. The van der Waals surface area contributed by atoms with Gasteiger partial charge in [-0.2, -0.15) is 26.3 Å². The Morgan fingerprint density at radius 3 is 1.77 bits per heavy atom. The lowest BCUT2D eigenvalue weighted by atomic mass is 9.84. The minimum Gasteiger partial charge on any atom is -0.310 e. The van der Waals surface area contributed by atoms with Crippen LogP contribution in [0.15, 0.2) is 91.0 Å². The van der Waals surface area contributed by atoms with E-state index in [0.717, 1.165) is 58.0 Å². The van der Waals surface area contributed by atoms with E-state index in [1.807, 2.05) is 32.0 Å². The number of nitrogens with zero attached hydrogens (tertiary/aromatic N) is 2. The van der Waals surface area contributed by atoms with E-state index in [1.165, 1.54) is 29.2 Å². The number of piperazine rings is 1. The number of carbonyl (C=O) groups excluding carboxylic acids is 4. The van der Waals surface area contributed by atoms with Gasteiger partial charge in [-0.3, -0.25) is 29.0 Å². The first-order valence-electron chi connectivity index (χ1n) is 17.0. The van der Waals surface area contributed by atoms with Crippen molar-refractivity contribution in [2.75, 3.05) is 19.6 Å². The average molecular weight is 736 g/mol. The van der Waals surface area contributed by atoms with Crippen molar-refractivity contribution in [3.05, 3.63) is 141 Å². The predicted molar refractivity (Wildman–Crippen MR) is 184 cm³/mol. The molecule has 53 heavy (non-hydrogen) atoms. The van der Waals surface area contributed by atoms with Crippen LogP contribution in [0.2, 0.25) is 0 Å². The largest absolute Gasteiger partial charge is 0.417 e. The fourth-order valence-electron chi connectivity index (χ4n) is 7.24. The van der Waals surface area contributed by atoms with Crippen LogP contribution in [0.25, 0.3) is 0 Å². The Kier molecular flexibility index (Phi) is 10.4. The number of hydrogen-bond donors (Lipinski definition) is 1. The van der Waals surface area contributed by atoms with Crippen molar-refractivity contribution in [1.82, 2.24) is 15.1 Å². The third-order valence-electron chi connectivity index (χ3n) is 9.98. The normalized spacial score (nSPS) is 19.4. The summed E-state index contributed by atoms with van der Waals surface area (Å²) >= 11 is 0. The lowest BCUT2D eigenvalue weighted by Crippen LogP contribution is -2.68. The number of hydrogen-bond acceptors (Lipinski definition) is 6. The van der Waals surface area contributed by atoms with E-state index in [2.05, 4.69) is 5.32 Å². The van der Waals surface area contributed by atoms with E-state index < -0.39 is 76.1 Å². The van der Waals surface area contributed by atoms with E-state index in [4.69, 9.17) is 0 Å². The highest BCUT2D eigenvalue weighted by Gasteiger charge is 2.48. The van der Waals surface area contributed by atoms with Crippen LogP contribution < -0.4 is 5.32 Å². The second-order valence-corrected chi connectivity index (χ2v) is 13.3. The summed E-state index contributed by atoms with van der Waals surface area (Å²) in [6.07, 6.45) is -9.75. The van der Waals surface area contributed by atoms with Gasteiger partial charge in [0.15, 0.2) is 11.6 Å². The molecule has 0 saturated carbocycles. The van der Waals surface area contributed by atoms with Crippen LogP contribution in [-0.2, 0) is 18.8 Å². The molecule has 1 N–H and O–H groups in total. The summed E-state index contributed by atoms with van der Waals surface area (Å²) in [5.41, 5.74) is -0.666. The van der Waals surface area contributed by atoms with Crippen molar-refractivity contribution in [2.24, 2.45) is 0 Å². The molecule has 0 spiro atoms. The minimum atomic E-state index is -4.92. The van der Waals surface area contributed by atoms with Gasteiger partial charge in [-0.1, -0.05) is 66.7 Å². The van der Waals surface area contributed by atoms with Crippen molar-refractivity contribution in [1.29, 1.82) is 0 Å². The molecule has 1 saturated heterocycles. The molecule has 2 aliphatic rings. The van der Waals surface area contributed by atoms with Crippen LogP contribution in [-0.4, -0.2) is 70.9 Å². The highest BCUT2D eigenvalue weighted by atomic mass is 19.4. The third-order valence-corrected chi connectivity index (χ3v) is 9.98. The van der Waals surface area contributed by atoms with Gasteiger partial charge in [-0.25, -0.2) is 0 Å². The van der Waals surface area contributed by atoms with E-state index in [1.54, 1.807) is 12.1 Å². The molecule has 6 rings (SSSR count). The maximum Gasteiger partial charge on any atom is 0.417 e. The van der Waals surface area contributed by atoms with E-state index in [-0.39, 0.29) is 43.6 Å². The average Bonchev–Trinajstić information content (AvgIpc) is 3.37. The Morgan fingerprint density at radius 1 is 0.698 bits per heavy atom. The fourth-order valence-corrected chi connectivity index (χ4v) is 7.24. The summed E-state index contributed by atoms with van der Waals surface area (Å²) in [7, 11) is 0. The second kappa shape index (κ2) is 14.7. The van der Waals surface area contributed by atoms with E-state index >= 15 is 0 Å². The zero-order chi connectivity index (χ0) is 38.2. The number of carbonyl (C=O) groups is 4. The topological polar surface area (TPSA) is 86.8 Å².